The minimum Gasteiger partial charge on any atom is -0.507 e. The van der Waals surface area contributed by atoms with Crippen LogP contribution in [0.3, 0.4) is 0 Å². The number of imide groups is 1. The number of allylic oxidation sites excluding steroid dienone is 1. The molecule has 4 aromatic carbocycles. The fourth-order valence-corrected chi connectivity index (χ4v) is 7.49. The van der Waals surface area contributed by atoms with Crippen LogP contribution in [0.4, 0.5) is 17.1 Å². The van der Waals surface area contributed by atoms with Crippen LogP contribution < -0.4 is 15.0 Å². The normalized spacial score (nSPS) is 19.2. The number of rotatable bonds is 13. The Morgan fingerprint density at radius 2 is 1.53 bits per heavy atom. The first-order valence-corrected chi connectivity index (χ1v) is 17.8. The number of amides is 2. The van der Waals surface area contributed by atoms with Gasteiger partial charge in [0.25, 0.3) is 0 Å². The Morgan fingerprint density at radius 1 is 0.849 bits per heavy atom. The van der Waals surface area contributed by atoms with E-state index in [1.165, 1.54) is 4.90 Å². The minimum atomic E-state index is -1.07. The summed E-state index contributed by atoms with van der Waals surface area (Å²) in [7, 11) is 0. The van der Waals surface area contributed by atoms with E-state index in [1.54, 1.807) is 36.5 Å². The number of aliphatic hydroxyl groups is 2. The van der Waals surface area contributed by atoms with Crippen LogP contribution in [-0.4, -0.2) is 51.4 Å². The van der Waals surface area contributed by atoms with Crippen LogP contribution in [0, 0.1) is 17.8 Å². The van der Waals surface area contributed by atoms with E-state index in [4.69, 9.17) is 4.74 Å². The summed E-state index contributed by atoms with van der Waals surface area (Å²) in [5.74, 6) is -2.37. The number of ether oxygens (including phenoxy) is 1. The molecule has 7 rings (SSSR count). The van der Waals surface area contributed by atoms with Crippen molar-refractivity contribution in [2.45, 2.75) is 25.4 Å². The summed E-state index contributed by atoms with van der Waals surface area (Å²) in [6.45, 7) is -0.353. The number of para-hydroxylation sites is 3. The van der Waals surface area contributed by atoms with Crippen LogP contribution in [0.5, 0.6) is 11.5 Å². The number of phenolic OH excluding ortho intramolecular Hbond substituents is 1. The number of hydrogen-bond donors (Lipinski definition) is 4. The van der Waals surface area contributed by atoms with Crippen LogP contribution in [0.25, 0.3) is 11.6 Å². The number of fused-ring (bicyclic) bond motifs is 1. The maximum absolute atomic E-state index is 14.2. The zero-order valence-electron chi connectivity index (χ0n) is 29.1. The lowest BCUT2D eigenvalue weighted by molar-refractivity contribution is -0.123. The minimum absolute atomic E-state index is 0.0816. The Balaban J connectivity index is 1.18. The molecule has 1 fully saturated rings. The van der Waals surface area contributed by atoms with Crippen molar-refractivity contribution in [3.05, 3.63) is 156 Å². The summed E-state index contributed by atoms with van der Waals surface area (Å²) in [6.07, 6.45) is 3.29. The number of pyridine rings is 1. The molecule has 1 saturated heterocycles. The molecule has 9 heteroatoms. The fourth-order valence-electron chi connectivity index (χ4n) is 7.49. The maximum Gasteiger partial charge on any atom is 0.238 e. The quantitative estimate of drug-likeness (QED) is 0.0735. The van der Waals surface area contributed by atoms with E-state index < -0.39 is 36.4 Å². The molecule has 268 valence electrons. The third-order valence-electron chi connectivity index (χ3n) is 10.0. The van der Waals surface area contributed by atoms with Gasteiger partial charge in [0.1, 0.15) is 18.1 Å². The van der Waals surface area contributed by atoms with Gasteiger partial charge in [0.05, 0.1) is 35.9 Å². The van der Waals surface area contributed by atoms with E-state index in [9.17, 15) is 24.9 Å². The Kier molecular flexibility index (Phi) is 10.8. The van der Waals surface area contributed by atoms with Gasteiger partial charge in [-0.2, -0.15) is 0 Å². The average Bonchev–Trinajstić information content (AvgIpc) is 3.45. The second-order valence-corrected chi connectivity index (χ2v) is 13.3. The van der Waals surface area contributed by atoms with Crippen LogP contribution in [0.15, 0.2) is 145 Å². The number of aromatic hydroxyl groups is 1. The van der Waals surface area contributed by atoms with E-state index >= 15 is 0 Å². The molecule has 0 unspecified atom stereocenters. The number of carbonyl (C=O) groups excluding carboxylic acids is 2. The first kappa shape index (κ1) is 35.4. The number of carbonyl (C=O) groups is 2. The van der Waals surface area contributed by atoms with Gasteiger partial charge >= 0.3 is 0 Å². The Bertz CT molecular complexity index is 2100. The SMILES string of the molecule is O=C1[C@@H]2[C@@H](CC(COc3ccccc3)=C([C@H](O)CC/C(=C/c3ccccc3O)c3ccccn3)[C@@H]2CO)C(=O)N1c1ccc(Nc2ccccc2)cc1. The van der Waals surface area contributed by atoms with Gasteiger partial charge in [-0.25, -0.2) is 0 Å². The molecule has 53 heavy (non-hydrogen) atoms. The van der Waals surface area contributed by atoms with Crippen molar-refractivity contribution in [3.8, 4) is 11.5 Å². The fraction of sp³-hybridized carbons (Fsp3) is 0.205. The summed E-state index contributed by atoms with van der Waals surface area (Å²) >= 11 is 0. The highest BCUT2D eigenvalue weighted by Gasteiger charge is 2.55. The molecule has 5 aromatic rings. The molecule has 4 N–H and O–H groups in total. The highest BCUT2D eigenvalue weighted by molar-refractivity contribution is 6.22. The molecule has 1 aliphatic carbocycles. The lowest BCUT2D eigenvalue weighted by atomic mass is 9.68. The van der Waals surface area contributed by atoms with Gasteiger partial charge in [-0.1, -0.05) is 60.7 Å². The molecule has 1 aliphatic heterocycles. The summed E-state index contributed by atoms with van der Waals surface area (Å²) in [4.78, 5) is 34.1. The van der Waals surface area contributed by atoms with E-state index in [-0.39, 0.29) is 31.1 Å². The Morgan fingerprint density at radius 3 is 2.23 bits per heavy atom. The van der Waals surface area contributed by atoms with E-state index in [1.807, 2.05) is 103 Å². The molecule has 2 aliphatic rings. The molecule has 4 atom stereocenters. The number of anilines is 3. The van der Waals surface area contributed by atoms with E-state index in [2.05, 4.69) is 10.3 Å². The van der Waals surface area contributed by atoms with E-state index in [0.29, 0.717) is 40.3 Å². The largest absolute Gasteiger partial charge is 0.507 e. The number of nitrogens with zero attached hydrogens (tertiary/aromatic N) is 2. The van der Waals surface area contributed by atoms with Crippen LogP contribution >= 0.6 is 0 Å². The standard InChI is InChI=1S/C44H41N3O6/c48-27-37-41(40(50)23-18-29(38-16-9-10-24-45-38)25-30-11-7-8-17-39(30)49)31(28-53-35-14-5-2-6-15-35)26-36-42(37)44(52)47(43(36)51)34-21-19-33(20-22-34)46-32-12-3-1-4-13-32/h1-17,19-22,24-25,36-37,40,42,46,48-50H,18,23,26-28H2/b29-25-/t36-,37+,40-,42-/m1/s1. The van der Waals surface area contributed by atoms with Crippen molar-refractivity contribution in [1.82, 2.24) is 4.98 Å². The molecule has 2 amide bonds. The second-order valence-electron chi connectivity index (χ2n) is 13.3. The van der Waals surface area contributed by atoms with Gasteiger partial charge < -0.3 is 25.4 Å². The van der Waals surface area contributed by atoms with Gasteiger partial charge in [0.15, 0.2) is 0 Å². The summed E-state index contributed by atoms with van der Waals surface area (Å²) in [6, 6.07) is 38.7. The highest BCUT2D eigenvalue weighted by Crippen LogP contribution is 2.47. The highest BCUT2D eigenvalue weighted by atomic mass is 16.5. The lowest BCUT2D eigenvalue weighted by Gasteiger charge is -2.36. The number of benzene rings is 4. The van der Waals surface area contributed by atoms with Crippen molar-refractivity contribution in [1.29, 1.82) is 0 Å². The molecule has 9 nitrogen and oxygen atoms in total. The average molecular weight is 708 g/mol. The second kappa shape index (κ2) is 16.1. The third-order valence-corrected chi connectivity index (χ3v) is 10.0. The van der Waals surface area contributed by atoms with Crippen molar-refractivity contribution in [2.75, 3.05) is 23.4 Å². The zero-order valence-corrected chi connectivity index (χ0v) is 29.1. The third kappa shape index (κ3) is 7.77. The molecule has 0 spiro atoms. The van der Waals surface area contributed by atoms with Crippen molar-refractivity contribution < 1.29 is 29.6 Å². The first-order chi connectivity index (χ1) is 25.9. The number of aliphatic hydroxyl groups excluding tert-OH is 2. The number of phenols is 1. The molecular weight excluding hydrogens is 666 g/mol. The van der Waals surface area contributed by atoms with Crippen LogP contribution in [0.1, 0.15) is 30.5 Å². The molecular formula is C44H41N3O6. The van der Waals surface area contributed by atoms with Crippen molar-refractivity contribution in [3.63, 3.8) is 0 Å². The molecule has 0 radical (unpaired) electrons. The molecule has 0 saturated carbocycles. The number of aromatic nitrogens is 1. The number of nitrogens with one attached hydrogen (secondary N) is 1. The summed E-state index contributed by atoms with van der Waals surface area (Å²) < 4.78 is 6.17. The Hall–Kier alpha value is -6.03. The van der Waals surface area contributed by atoms with Crippen molar-refractivity contribution >= 4 is 40.5 Å². The van der Waals surface area contributed by atoms with Crippen LogP contribution in [-0.2, 0) is 9.59 Å². The van der Waals surface area contributed by atoms with Gasteiger partial charge in [-0.05, 0) is 109 Å². The molecule has 2 heterocycles. The lowest BCUT2D eigenvalue weighted by Crippen LogP contribution is -2.40. The van der Waals surface area contributed by atoms with Gasteiger partial charge in [-0.3, -0.25) is 19.5 Å². The van der Waals surface area contributed by atoms with Gasteiger partial charge in [0, 0.05) is 29.1 Å². The molecule has 0 bridgehead atoms. The summed E-state index contributed by atoms with van der Waals surface area (Å²) in [5, 5.41) is 36.8. The van der Waals surface area contributed by atoms with E-state index in [0.717, 1.165) is 16.9 Å². The predicted octanol–water partition coefficient (Wildman–Crippen LogP) is 7.41. The molecule has 1 aromatic heterocycles. The summed E-state index contributed by atoms with van der Waals surface area (Å²) in [5.41, 5.74) is 5.49. The number of hydrogen-bond acceptors (Lipinski definition) is 8. The van der Waals surface area contributed by atoms with Crippen LogP contribution in [0.2, 0.25) is 0 Å². The van der Waals surface area contributed by atoms with Gasteiger partial charge in [0.2, 0.25) is 11.8 Å². The Labute approximate surface area is 308 Å². The first-order valence-electron chi connectivity index (χ1n) is 17.8. The topological polar surface area (TPSA) is 132 Å². The van der Waals surface area contributed by atoms with Gasteiger partial charge in [-0.15, -0.1) is 0 Å². The zero-order chi connectivity index (χ0) is 36.7. The van der Waals surface area contributed by atoms with Crippen molar-refractivity contribution in [2.24, 2.45) is 17.8 Å². The smallest absolute Gasteiger partial charge is 0.238 e. The monoisotopic (exact) mass is 707 g/mol. The predicted molar refractivity (Wildman–Crippen MR) is 205 cm³/mol. The maximum atomic E-state index is 14.2.